The number of hydrogen-bond donors (Lipinski definition) is 3. The number of halogens is 3. The third-order valence-corrected chi connectivity index (χ3v) is 5.51. The number of benzene rings is 1. The number of hydrogen-bond acceptors (Lipinski definition) is 6. The van der Waals surface area contributed by atoms with Gasteiger partial charge in [-0.25, -0.2) is 0 Å². The molecule has 172 valence electrons. The van der Waals surface area contributed by atoms with Gasteiger partial charge in [-0.1, -0.05) is 0 Å². The van der Waals surface area contributed by atoms with Gasteiger partial charge in [0.05, 0.1) is 30.0 Å². The Labute approximate surface area is 183 Å². The Morgan fingerprint density at radius 1 is 1.31 bits per heavy atom. The lowest BCUT2D eigenvalue weighted by Crippen LogP contribution is -2.42. The van der Waals surface area contributed by atoms with Crippen molar-refractivity contribution < 1.29 is 27.8 Å². The van der Waals surface area contributed by atoms with Crippen molar-refractivity contribution in [3.8, 4) is 5.75 Å². The third-order valence-electron chi connectivity index (χ3n) is 5.51. The summed E-state index contributed by atoms with van der Waals surface area (Å²) in [5.74, 6) is -0.173. The highest BCUT2D eigenvalue weighted by molar-refractivity contribution is 6.05. The van der Waals surface area contributed by atoms with Crippen LogP contribution in [0.2, 0.25) is 0 Å². The van der Waals surface area contributed by atoms with Crippen molar-refractivity contribution in [2.45, 2.75) is 44.5 Å². The molecule has 7 nitrogen and oxygen atoms in total. The van der Waals surface area contributed by atoms with Crippen LogP contribution in [0.4, 0.5) is 24.5 Å². The molecule has 0 aliphatic heterocycles. The second-order valence-electron chi connectivity index (χ2n) is 8.32. The number of nitrogen functional groups attached to an aromatic ring is 1. The van der Waals surface area contributed by atoms with Gasteiger partial charge in [-0.3, -0.25) is 14.8 Å². The van der Waals surface area contributed by atoms with Crippen molar-refractivity contribution in [2.75, 3.05) is 18.2 Å². The topological polar surface area (TPSA) is 110 Å². The molecular weight excluding hydrogens is 425 g/mol. The number of anilines is 2. The lowest BCUT2D eigenvalue weighted by atomic mass is 9.71. The minimum atomic E-state index is -4.59. The molecule has 1 amide bonds. The molecule has 1 aromatic carbocycles. The first-order valence-corrected chi connectivity index (χ1v) is 9.96. The fourth-order valence-electron chi connectivity index (χ4n) is 3.35. The van der Waals surface area contributed by atoms with E-state index in [9.17, 15) is 23.1 Å². The number of aromatic nitrogens is 1. The average Bonchev–Trinajstić information content (AvgIpc) is 2.67. The molecule has 10 heteroatoms. The highest BCUT2D eigenvalue weighted by atomic mass is 19.4. The normalized spacial score (nSPS) is 19.0. The van der Waals surface area contributed by atoms with Crippen LogP contribution >= 0.6 is 0 Å². The summed E-state index contributed by atoms with van der Waals surface area (Å²) in [5.41, 5.74) is 5.43. The SMILES string of the molecule is COc1cc(N)c(C=NC2CC(C(C)(C)O)C2)cc1NC(=O)c1ccc(C(F)(F)F)nc1. The van der Waals surface area contributed by atoms with E-state index in [1.54, 1.807) is 26.1 Å². The first kappa shape index (κ1) is 23.5. The van der Waals surface area contributed by atoms with Crippen LogP contribution in [0.3, 0.4) is 0 Å². The van der Waals surface area contributed by atoms with E-state index in [-0.39, 0.29) is 23.2 Å². The molecule has 1 aliphatic rings. The number of nitrogens with one attached hydrogen (secondary N) is 1. The number of nitrogens with two attached hydrogens (primary N) is 1. The van der Waals surface area contributed by atoms with Crippen molar-refractivity contribution in [1.29, 1.82) is 0 Å². The molecule has 0 radical (unpaired) electrons. The first-order chi connectivity index (χ1) is 14.9. The van der Waals surface area contributed by atoms with Crippen molar-refractivity contribution in [3.05, 3.63) is 47.3 Å². The standard InChI is InChI=1S/C22H25F3N4O3/c1-21(2,31)14-7-15(8-14)27-11-13-6-17(18(32-3)9-16(13)26)29-20(30)12-4-5-19(28-10-12)22(23,24)25/h4-6,9-11,14-15,31H,7-8,26H2,1-3H3,(H,29,30). The Balaban J connectivity index is 1.75. The third kappa shape index (κ3) is 5.37. The Bertz CT molecular complexity index is 1010. The minimum Gasteiger partial charge on any atom is -0.494 e. The van der Waals surface area contributed by atoms with Crippen LogP contribution in [0, 0.1) is 5.92 Å². The van der Waals surface area contributed by atoms with Crippen LogP contribution in [0.25, 0.3) is 0 Å². The Hall–Kier alpha value is -3.14. The summed E-state index contributed by atoms with van der Waals surface area (Å²) in [6.07, 6.45) is -0.590. The maximum Gasteiger partial charge on any atom is 0.433 e. The Kier molecular flexibility index (Phi) is 6.45. The number of aliphatic hydroxyl groups is 1. The van der Waals surface area contributed by atoms with E-state index in [2.05, 4.69) is 15.3 Å². The van der Waals surface area contributed by atoms with Crippen molar-refractivity contribution in [2.24, 2.45) is 10.9 Å². The van der Waals surface area contributed by atoms with Gasteiger partial charge in [0.15, 0.2) is 0 Å². The lowest BCUT2D eigenvalue weighted by molar-refractivity contribution is -0.141. The van der Waals surface area contributed by atoms with Gasteiger partial charge < -0.3 is 20.9 Å². The summed E-state index contributed by atoms with van der Waals surface area (Å²) in [6, 6.07) is 4.98. The number of ether oxygens (including phenoxy) is 1. The molecule has 4 N–H and O–H groups in total. The number of pyridine rings is 1. The van der Waals surface area contributed by atoms with Gasteiger partial charge in [0.2, 0.25) is 0 Å². The molecule has 0 saturated heterocycles. The van der Waals surface area contributed by atoms with Gasteiger partial charge >= 0.3 is 6.18 Å². The molecule has 1 saturated carbocycles. The van der Waals surface area contributed by atoms with Crippen LogP contribution in [-0.2, 0) is 6.18 Å². The monoisotopic (exact) mass is 450 g/mol. The van der Waals surface area contributed by atoms with E-state index in [1.807, 2.05) is 0 Å². The smallest absolute Gasteiger partial charge is 0.433 e. The average molecular weight is 450 g/mol. The summed E-state index contributed by atoms with van der Waals surface area (Å²) in [6.45, 7) is 3.56. The fourth-order valence-corrected chi connectivity index (χ4v) is 3.35. The molecule has 0 unspecified atom stereocenters. The predicted molar refractivity (Wildman–Crippen MR) is 115 cm³/mol. The first-order valence-electron chi connectivity index (χ1n) is 9.96. The maximum absolute atomic E-state index is 12.7. The number of amides is 1. The van der Waals surface area contributed by atoms with E-state index in [4.69, 9.17) is 10.5 Å². The molecule has 1 aliphatic carbocycles. The van der Waals surface area contributed by atoms with Gasteiger partial charge in [-0.2, -0.15) is 13.2 Å². The van der Waals surface area contributed by atoms with Crippen molar-refractivity contribution in [3.63, 3.8) is 0 Å². The summed E-state index contributed by atoms with van der Waals surface area (Å²) >= 11 is 0. The van der Waals surface area contributed by atoms with Crippen LogP contribution in [-0.4, -0.2) is 41.0 Å². The van der Waals surface area contributed by atoms with E-state index in [0.717, 1.165) is 31.2 Å². The number of carbonyl (C=O) groups excluding carboxylic acids is 1. The van der Waals surface area contributed by atoms with E-state index >= 15 is 0 Å². The second kappa shape index (κ2) is 8.78. The zero-order valence-electron chi connectivity index (χ0n) is 17.9. The molecule has 0 atom stereocenters. The van der Waals surface area contributed by atoms with Crippen molar-refractivity contribution >= 4 is 23.5 Å². The number of carbonyl (C=O) groups is 1. The Morgan fingerprint density at radius 2 is 2.00 bits per heavy atom. The maximum atomic E-state index is 12.7. The molecule has 1 fully saturated rings. The summed E-state index contributed by atoms with van der Waals surface area (Å²) in [7, 11) is 1.41. The molecule has 1 heterocycles. The highest BCUT2D eigenvalue weighted by Gasteiger charge is 2.38. The zero-order chi connectivity index (χ0) is 23.7. The zero-order valence-corrected chi connectivity index (χ0v) is 17.9. The number of nitrogens with zero attached hydrogens (tertiary/aromatic N) is 2. The minimum absolute atomic E-state index is 0.0424. The molecule has 0 spiro atoms. The Morgan fingerprint density at radius 3 is 2.53 bits per heavy atom. The van der Waals surface area contributed by atoms with Crippen LogP contribution in [0.1, 0.15) is 48.3 Å². The predicted octanol–water partition coefficient (Wildman–Crippen LogP) is 3.91. The molecule has 1 aromatic heterocycles. The van der Waals surface area contributed by atoms with Crippen LogP contribution in [0.5, 0.6) is 5.75 Å². The summed E-state index contributed by atoms with van der Waals surface area (Å²) < 4.78 is 43.3. The van der Waals surface area contributed by atoms with E-state index < -0.39 is 23.4 Å². The van der Waals surface area contributed by atoms with Gasteiger partial charge in [-0.15, -0.1) is 0 Å². The van der Waals surface area contributed by atoms with Gasteiger partial charge in [0, 0.05) is 29.7 Å². The number of methoxy groups -OCH3 is 1. The summed E-state index contributed by atoms with van der Waals surface area (Å²) in [4.78, 5) is 20.3. The summed E-state index contributed by atoms with van der Waals surface area (Å²) in [5, 5.41) is 12.6. The largest absolute Gasteiger partial charge is 0.494 e. The number of aliphatic imine (C=N–C) groups is 1. The molecule has 2 aromatic rings. The molecule has 0 bridgehead atoms. The molecular formula is C22H25F3N4O3. The lowest BCUT2D eigenvalue weighted by Gasteiger charge is -2.40. The highest BCUT2D eigenvalue weighted by Crippen LogP contribution is 2.38. The fraction of sp³-hybridized carbons (Fsp3) is 0.409. The van der Waals surface area contributed by atoms with Gasteiger partial charge in [0.25, 0.3) is 5.91 Å². The van der Waals surface area contributed by atoms with Crippen LogP contribution < -0.4 is 15.8 Å². The molecule has 3 rings (SSSR count). The molecule has 32 heavy (non-hydrogen) atoms. The van der Waals surface area contributed by atoms with Gasteiger partial charge in [-0.05, 0) is 50.8 Å². The second-order valence-corrected chi connectivity index (χ2v) is 8.32. The van der Waals surface area contributed by atoms with Crippen molar-refractivity contribution in [1.82, 2.24) is 4.98 Å². The van der Waals surface area contributed by atoms with E-state index in [1.165, 1.54) is 13.2 Å². The van der Waals surface area contributed by atoms with E-state index in [0.29, 0.717) is 17.0 Å². The number of alkyl halides is 3. The van der Waals surface area contributed by atoms with Crippen LogP contribution in [0.15, 0.2) is 35.5 Å². The van der Waals surface area contributed by atoms with Gasteiger partial charge in [0.1, 0.15) is 11.4 Å². The quantitative estimate of drug-likeness (QED) is 0.457. The number of rotatable bonds is 6.